The van der Waals surface area contributed by atoms with Crippen LogP contribution in [-0.2, 0) is 20.6 Å². The van der Waals surface area contributed by atoms with Crippen LogP contribution in [0.5, 0.6) is 23.0 Å². The Morgan fingerprint density at radius 3 is 1.63 bits per heavy atom. The molecular weight excluding hydrogens is 499 g/mol. The molecule has 11 heteroatoms. The SMILES string of the molecule is CS(=O)(=O)Oc1ccc(OC(Oc2ccc(OS(=O)(=O)F)cc2)c2ccc3ccccc3c2)cc1. The zero-order chi connectivity index (χ0) is 25.1. The monoisotopic (exact) mass is 518 g/mol. The number of ether oxygens (including phenoxy) is 2. The van der Waals surface area contributed by atoms with Crippen molar-refractivity contribution in [2.45, 2.75) is 6.29 Å². The van der Waals surface area contributed by atoms with Crippen molar-refractivity contribution >= 4 is 31.4 Å². The zero-order valence-corrected chi connectivity index (χ0v) is 19.8. The van der Waals surface area contributed by atoms with E-state index in [9.17, 15) is 20.7 Å². The maximum Gasteiger partial charge on any atom is 0.488 e. The minimum absolute atomic E-state index is 0.126. The lowest BCUT2D eigenvalue weighted by atomic mass is 10.1. The Kier molecular flexibility index (Phi) is 6.81. The number of benzene rings is 4. The molecule has 0 radical (unpaired) electrons. The number of fused-ring (bicyclic) bond motifs is 1. The lowest BCUT2D eigenvalue weighted by Gasteiger charge is -2.21. The molecule has 182 valence electrons. The summed E-state index contributed by atoms with van der Waals surface area (Å²) >= 11 is 0. The van der Waals surface area contributed by atoms with Crippen molar-refractivity contribution in [1.82, 2.24) is 0 Å². The van der Waals surface area contributed by atoms with Crippen LogP contribution < -0.4 is 17.8 Å². The standard InChI is InChI=1S/C24H19FO8S2/c1-34(26,27)32-22-12-8-20(9-13-22)30-24(19-7-6-17-4-2-3-5-18(17)16-19)31-21-10-14-23(15-11-21)33-35(25,28)29/h2-16,24H,1H3. The van der Waals surface area contributed by atoms with Gasteiger partial charge in [-0.15, -0.1) is 0 Å². The van der Waals surface area contributed by atoms with Crippen molar-refractivity contribution in [1.29, 1.82) is 0 Å². The van der Waals surface area contributed by atoms with Gasteiger partial charge >= 0.3 is 20.6 Å². The summed E-state index contributed by atoms with van der Waals surface area (Å²) in [6.45, 7) is 0. The van der Waals surface area contributed by atoms with Crippen molar-refractivity contribution < 1.29 is 38.6 Å². The quantitative estimate of drug-likeness (QED) is 0.175. The molecule has 0 spiro atoms. The molecule has 4 rings (SSSR count). The van der Waals surface area contributed by atoms with Gasteiger partial charge in [-0.05, 0) is 65.4 Å². The predicted molar refractivity (Wildman–Crippen MR) is 127 cm³/mol. The molecule has 1 atom stereocenters. The van der Waals surface area contributed by atoms with Gasteiger partial charge in [-0.1, -0.05) is 40.3 Å². The summed E-state index contributed by atoms with van der Waals surface area (Å²) in [4.78, 5) is 0. The number of rotatable bonds is 9. The van der Waals surface area contributed by atoms with E-state index in [-0.39, 0.29) is 11.5 Å². The number of halogens is 1. The van der Waals surface area contributed by atoms with E-state index >= 15 is 0 Å². The van der Waals surface area contributed by atoms with E-state index in [1.54, 1.807) is 0 Å². The molecule has 0 N–H and O–H groups in total. The maximum atomic E-state index is 12.8. The fourth-order valence-electron chi connectivity index (χ4n) is 3.20. The van der Waals surface area contributed by atoms with E-state index in [0.717, 1.165) is 17.0 Å². The average molecular weight is 519 g/mol. The van der Waals surface area contributed by atoms with Crippen molar-refractivity contribution in [2.75, 3.05) is 6.26 Å². The highest BCUT2D eigenvalue weighted by Gasteiger charge is 2.18. The first-order chi connectivity index (χ1) is 16.5. The predicted octanol–water partition coefficient (Wildman–Crippen LogP) is 4.93. The summed E-state index contributed by atoms with van der Waals surface area (Å²) in [6, 6.07) is 24.6. The van der Waals surface area contributed by atoms with Gasteiger partial charge in [0.05, 0.1) is 6.26 Å². The summed E-state index contributed by atoms with van der Waals surface area (Å²) < 4.78 is 77.8. The van der Waals surface area contributed by atoms with E-state index in [2.05, 4.69) is 4.18 Å². The molecule has 0 aliphatic rings. The first-order valence-corrected chi connectivity index (χ1v) is 13.2. The largest absolute Gasteiger partial charge is 0.488 e. The normalized spacial score (nSPS) is 12.6. The third-order valence-corrected chi connectivity index (χ3v) is 5.51. The van der Waals surface area contributed by atoms with Crippen LogP contribution in [0, 0.1) is 0 Å². The van der Waals surface area contributed by atoms with Crippen LogP contribution in [0.2, 0.25) is 0 Å². The molecule has 0 bridgehead atoms. The first kappa shape index (κ1) is 24.3. The molecule has 0 aromatic heterocycles. The lowest BCUT2D eigenvalue weighted by Crippen LogP contribution is -2.15. The fraction of sp³-hybridized carbons (Fsp3) is 0.0833. The van der Waals surface area contributed by atoms with Crippen LogP contribution >= 0.6 is 0 Å². The zero-order valence-electron chi connectivity index (χ0n) is 18.2. The Balaban J connectivity index is 1.61. The van der Waals surface area contributed by atoms with Gasteiger partial charge in [-0.25, -0.2) is 0 Å². The highest BCUT2D eigenvalue weighted by Crippen LogP contribution is 2.30. The molecule has 0 saturated carbocycles. The second-order valence-corrected chi connectivity index (χ2v) is 9.91. The molecule has 8 nitrogen and oxygen atoms in total. The molecule has 0 amide bonds. The van der Waals surface area contributed by atoms with E-state index in [4.69, 9.17) is 13.7 Å². The molecule has 0 saturated heterocycles. The highest BCUT2D eigenvalue weighted by molar-refractivity contribution is 7.86. The lowest BCUT2D eigenvalue weighted by molar-refractivity contribution is 0.00386. The second kappa shape index (κ2) is 9.80. The molecule has 0 aliphatic carbocycles. The Bertz CT molecular complexity index is 1460. The number of hydrogen-bond acceptors (Lipinski definition) is 8. The number of hydrogen-bond donors (Lipinski definition) is 0. The molecule has 4 aromatic carbocycles. The van der Waals surface area contributed by atoms with E-state index in [1.807, 2.05) is 42.5 Å². The van der Waals surface area contributed by atoms with Crippen LogP contribution in [0.25, 0.3) is 10.8 Å². The van der Waals surface area contributed by atoms with Crippen LogP contribution in [-0.4, -0.2) is 23.1 Å². The Morgan fingerprint density at radius 2 is 1.11 bits per heavy atom. The minimum Gasteiger partial charge on any atom is -0.451 e. The summed E-state index contributed by atoms with van der Waals surface area (Å²) in [5.74, 6) is 0.571. The summed E-state index contributed by atoms with van der Waals surface area (Å²) in [7, 11) is -8.82. The molecule has 0 fully saturated rings. The molecule has 4 aromatic rings. The van der Waals surface area contributed by atoms with Gasteiger partial charge < -0.3 is 17.8 Å². The van der Waals surface area contributed by atoms with E-state index < -0.39 is 26.9 Å². The third kappa shape index (κ3) is 7.08. The van der Waals surface area contributed by atoms with Crippen molar-refractivity contribution in [3.05, 3.63) is 96.6 Å². The third-order valence-electron chi connectivity index (χ3n) is 4.62. The van der Waals surface area contributed by atoms with E-state index in [0.29, 0.717) is 17.1 Å². The Labute approximate surface area is 202 Å². The second-order valence-electron chi connectivity index (χ2n) is 7.38. The summed E-state index contributed by atoms with van der Waals surface area (Å²) in [5, 5.41) is 1.97. The van der Waals surface area contributed by atoms with Gasteiger partial charge in [0, 0.05) is 5.56 Å². The fourth-order valence-corrected chi connectivity index (χ4v) is 4.00. The van der Waals surface area contributed by atoms with Crippen molar-refractivity contribution in [2.24, 2.45) is 0 Å². The maximum absolute atomic E-state index is 12.8. The topological polar surface area (TPSA) is 105 Å². The van der Waals surface area contributed by atoms with Gasteiger partial charge in [0.2, 0.25) is 0 Å². The average Bonchev–Trinajstić information content (AvgIpc) is 2.79. The van der Waals surface area contributed by atoms with Crippen molar-refractivity contribution in [3.63, 3.8) is 0 Å². The van der Waals surface area contributed by atoms with E-state index in [1.165, 1.54) is 48.5 Å². The van der Waals surface area contributed by atoms with Crippen molar-refractivity contribution in [3.8, 4) is 23.0 Å². The van der Waals surface area contributed by atoms with Gasteiger partial charge in [-0.2, -0.15) is 16.8 Å². The molecule has 35 heavy (non-hydrogen) atoms. The highest BCUT2D eigenvalue weighted by atomic mass is 32.3. The summed E-state index contributed by atoms with van der Waals surface area (Å²) in [5.41, 5.74) is 0.673. The summed E-state index contributed by atoms with van der Waals surface area (Å²) in [6.07, 6.45) is -0.00157. The molecule has 1 unspecified atom stereocenters. The Morgan fingerprint density at radius 1 is 0.629 bits per heavy atom. The molecule has 0 aliphatic heterocycles. The smallest absolute Gasteiger partial charge is 0.451 e. The Hall–Kier alpha value is -3.83. The van der Waals surface area contributed by atoms with Gasteiger partial charge in [0.25, 0.3) is 6.29 Å². The first-order valence-electron chi connectivity index (χ1n) is 10.1. The molecular formula is C24H19FO8S2. The van der Waals surface area contributed by atoms with Gasteiger partial charge in [0.15, 0.2) is 0 Å². The van der Waals surface area contributed by atoms with Gasteiger partial charge in [0.1, 0.15) is 23.0 Å². The van der Waals surface area contributed by atoms with Crippen LogP contribution in [0.3, 0.4) is 0 Å². The van der Waals surface area contributed by atoms with Crippen LogP contribution in [0.1, 0.15) is 11.9 Å². The van der Waals surface area contributed by atoms with Crippen LogP contribution in [0.15, 0.2) is 91.0 Å². The van der Waals surface area contributed by atoms with Gasteiger partial charge in [-0.3, -0.25) is 0 Å². The molecule has 0 heterocycles. The minimum atomic E-state index is -5.15. The van der Waals surface area contributed by atoms with Crippen LogP contribution in [0.4, 0.5) is 3.89 Å².